The third kappa shape index (κ3) is 3.64. The Morgan fingerprint density at radius 2 is 2.13 bits per heavy atom. The predicted octanol–water partition coefficient (Wildman–Crippen LogP) is 0.529. The Kier molecular flexibility index (Phi) is 3.88. The number of amides is 3. The van der Waals surface area contributed by atoms with Crippen LogP contribution in [0.15, 0.2) is 0 Å². The topological polar surface area (TPSA) is 84.5 Å². The van der Waals surface area contributed by atoms with Gasteiger partial charge in [-0.25, -0.2) is 4.79 Å². The van der Waals surface area contributed by atoms with Gasteiger partial charge in [-0.15, -0.1) is 0 Å². The molecule has 1 fully saturated rings. The van der Waals surface area contributed by atoms with E-state index in [1.807, 2.05) is 0 Å². The van der Waals surface area contributed by atoms with Crippen molar-refractivity contribution in [3.05, 3.63) is 0 Å². The van der Waals surface area contributed by atoms with Gasteiger partial charge in [0.25, 0.3) is 5.91 Å². The lowest BCUT2D eigenvalue weighted by Crippen LogP contribution is -2.29. The highest BCUT2D eigenvalue weighted by Crippen LogP contribution is 2.43. The molecule has 1 aliphatic rings. The second-order valence-corrected chi connectivity index (χ2v) is 6.19. The van der Waals surface area contributed by atoms with Crippen LogP contribution >= 0.6 is 7.37 Å². The van der Waals surface area contributed by atoms with E-state index >= 15 is 0 Å². The highest BCUT2D eigenvalue weighted by molar-refractivity contribution is 7.58. The maximum absolute atomic E-state index is 11.7. The molecule has 15 heavy (non-hydrogen) atoms. The summed E-state index contributed by atoms with van der Waals surface area (Å²) in [5.74, 6) is -0.364. The molecular weight excluding hydrogens is 219 g/mol. The molecule has 0 aromatic carbocycles. The van der Waals surface area contributed by atoms with E-state index in [1.54, 1.807) is 6.92 Å². The summed E-state index contributed by atoms with van der Waals surface area (Å²) in [6, 6.07) is -1.07. The lowest BCUT2D eigenvalue weighted by atomic mass is 10.2. The van der Waals surface area contributed by atoms with Gasteiger partial charge in [-0.05, 0) is 13.3 Å². The largest absolute Gasteiger partial charge is 0.329 e. The minimum atomic E-state index is -2.62. The summed E-state index contributed by atoms with van der Waals surface area (Å²) in [4.78, 5) is 21.9. The van der Waals surface area contributed by atoms with Crippen molar-refractivity contribution in [2.24, 2.45) is 0 Å². The van der Waals surface area contributed by atoms with Gasteiger partial charge in [0.05, 0.1) is 6.61 Å². The minimum Gasteiger partial charge on any atom is -0.329 e. The zero-order chi connectivity index (χ0) is 11.5. The SMILES string of the molecule is CCOP(C)(=O)CCC1NC(=O)NC1=O. The molecule has 0 aromatic rings. The quantitative estimate of drug-likeness (QED) is 0.536. The molecule has 3 amide bonds. The van der Waals surface area contributed by atoms with Gasteiger partial charge in [-0.1, -0.05) is 0 Å². The molecule has 2 N–H and O–H groups in total. The highest BCUT2D eigenvalue weighted by atomic mass is 31.2. The van der Waals surface area contributed by atoms with E-state index in [2.05, 4.69) is 10.6 Å². The third-order valence-electron chi connectivity index (χ3n) is 2.08. The van der Waals surface area contributed by atoms with Gasteiger partial charge in [0.2, 0.25) is 0 Å². The summed E-state index contributed by atoms with van der Waals surface area (Å²) in [6.07, 6.45) is 0.630. The molecule has 7 heteroatoms. The van der Waals surface area contributed by atoms with E-state index in [-0.39, 0.29) is 5.91 Å². The summed E-state index contributed by atoms with van der Waals surface area (Å²) in [7, 11) is -2.62. The Morgan fingerprint density at radius 1 is 1.47 bits per heavy atom. The number of carbonyl (C=O) groups excluding carboxylic acids is 2. The molecule has 2 atom stereocenters. The number of hydrogen-bond donors (Lipinski definition) is 2. The van der Waals surface area contributed by atoms with E-state index in [0.717, 1.165) is 0 Å². The Bertz CT molecular complexity index is 318. The highest BCUT2D eigenvalue weighted by Gasteiger charge is 2.30. The summed E-state index contributed by atoms with van der Waals surface area (Å²) in [5, 5.41) is 4.56. The molecule has 0 saturated carbocycles. The first kappa shape index (κ1) is 12.2. The van der Waals surface area contributed by atoms with Crippen LogP contribution in [0.1, 0.15) is 13.3 Å². The van der Waals surface area contributed by atoms with Crippen LogP contribution in [0.25, 0.3) is 0 Å². The van der Waals surface area contributed by atoms with Crippen LogP contribution in [-0.4, -0.2) is 37.4 Å². The lowest BCUT2D eigenvalue weighted by molar-refractivity contribution is -0.120. The second kappa shape index (κ2) is 4.77. The summed E-state index contributed by atoms with van der Waals surface area (Å²) in [5.41, 5.74) is 0. The average Bonchev–Trinajstić information content (AvgIpc) is 2.42. The minimum absolute atomic E-state index is 0.291. The third-order valence-corrected chi connectivity index (χ3v) is 3.96. The molecule has 86 valence electrons. The monoisotopic (exact) mass is 234 g/mol. The van der Waals surface area contributed by atoms with Gasteiger partial charge in [0, 0.05) is 12.8 Å². The Hall–Kier alpha value is -0.870. The Labute approximate surface area is 88.2 Å². The van der Waals surface area contributed by atoms with E-state index in [0.29, 0.717) is 19.2 Å². The smallest absolute Gasteiger partial charge is 0.322 e. The van der Waals surface area contributed by atoms with Crippen molar-refractivity contribution in [3.8, 4) is 0 Å². The molecule has 2 unspecified atom stereocenters. The van der Waals surface area contributed by atoms with Crippen LogP contribution in [0.4, 0.5) is 4.79 Å². The van der Waals surface area contributed by atoms with E-state index in [1.165, 1.54) is 6.66 Å². The molecular formula is C8H15N2O4P. The summed E-state index contributed by atoms with van der Waals surface area (Å²) < 4.78 is 16.8. The summed E-state index contributed by atoms with van der Waals surface area (Å²) >= 11 is 0. The van der Waals surface area contributed by atoms with E-state index in [4.69, 9.17) is 4.52 Å². The van der Waals surface area contributed by atoms with Crippen molar-refractivity contribution in [3.63, 3.8) is 0 Å². The molecule has 1 rings (SSSR count). The first-order valence-electron chi connectivity index (χ1n) is 4.77. The van der Waals surface area contributed by atoms with Crippen molar-refractivity contribution in [1.29, 1.82) is 0 Å². The number of carbonyl (C=O) groups is 2. The molecule has 6 nitrogen and oxygen atoms in total. The lowest BCUT2D eigenvalue weighted by Gasteiger charge is -2.13. The predicted molar refractivity (Wildman–Crippen MR) is 55.1 cm³/mol. The first-order chi connectivity index (χ1) is 6.94. The fourth-order valence-corrected chi connectivity index (χ4v) is 2.77. The molecule has 1 saturated heterocycles. The number of nitrogens with one attached hydrogen (secondary N) is 2. The Morgan fingerprint density at radius 3 is 2.60 bits per heavy atom. The fraction of sp³-hybridized carbons (Fsp3) is 0.750. The van der Waals surface area contributed by atoms with Gasteiger partial charge in [-0.2, -0.15) is 0 Å². The number of imide groups is 1. The molecule has 0 aliphatic carbocycles. The van der Waals surface area contributed by atoms with E-state index < -0.39 is 19.4 Å². The normalized spacial score (nSPS) is 24.5. The molecule has 1 heterocycles. The van der Waals surface area contributed by atoms with Crippen LogP contribution in [0.3, 0.4) is 0 Å². The molecule has 1 aliphatic heterocycles. The molecule has 0 spiro atoms. The Balaban J connectivity index is 2.40. The standard InChI is InChI=1S/C8H15N2O4P/c1-3-14-15(2,13)5-4-6-7(11)10-8(12)9-6/h6H,3-5H2,1-2H3,(H2,9,10,11,12). The average molecular weight is 234 g/mol. The van der Waals surface area contributed by atoms with Crippen LogP contribution < -0.4 is 10.6 Å². The van der Waals surface area contributed by atoms with Crippen molar-refractivity contribution in [2.75, 3.05) is 19.4 Å². The van der Waals surface area contributed by atoms with Crippen molar-refractivity contribution < 1.29 is 18.7 Å². The first-order valence-corrected chi connectivity index (χ1v) is 7.03. The van der Waals surface area contributed by atoms with Gasteiger partial charge in [0.1, 0.15) is 6.04 Å². The number of rotatable bonds is 5. The van der Waals surface area contributed by atoms with Crippen LogP contribution in [-0.2, 0) is 13.9 Å². The van der Waals surface area contributed by atoms with Crippen LogP contribution in [0.2, 0.25) is 0 Å². The van der Waals surface area contributed by atoms with Crippen molar-refractivity contribution in [1.82, 2.24) is 10.6 Å². The van der Waals surface area contributed by atoms with Crippen LogP contribution in [0.5, 0.6) is 0 Å². The van der Waals surface area contributed by atoms with Gasteiger partial charge in [0.15, 0.2) is 7.37 Å². The van der Waals surface area contributed by atoms with Gasteiger partial charge < -0.3 is 9.84 Å². The second-order valence-electron chi connectivity index (χ2n) is 3.46. The fourth-order valence-electron chi connectivity index (χ4n) is 1.36. The van der Waals surface area contributed by atoms with Gasteiger partial charge in [-0.3, -0.25) is 14.7 Å². The molecule has 0 aromatic heterocycles. The van der Waals surface area contributed by atoms with E-state index in [9.17, 15) is 14.2 Å². The molecule has 0 bridgehead atoms. The summed E-state index contributed by atoms with van der Waals surface area (Å²) in [6.45, 7) is 3.68. The van der Waals surface area contributed by atoms with Gasteiger partial charge >= 0.3 is 6.03 Å². The number of hydrogen-bond acceptors (Lipinski definition) is 4. The van der Waals surface area contributed by atoms with Crippen molar-refractivity contribution in [2.45, 2.75) is 19.4 Å². The maximum Gasteiger partial charge on any atom is 0.322 e. The van der Waals surface area contributed by atoms with Crippen molar-refractivity contribution >= 4 is 19.3 Å². The zero-order valence-corrected chi connectivity index (χ0v) is 9.67. The number of urea groups is 1. The maximum atomic E-state index is 11.7. The van der Waals surface area contributed by atoms with Crippen LogP contribution in [0, 0.1) is 0 Å². The molecule has 0 radical (unpaired) electrons. The zero-order valence-electron chi connectivity index (χ0n) is 8.78.